The van der Waals surface area contributed by atoms with E-state index in [0.29, 0.717) is 17.5 Å². The molecule has 0 aromatic heterocycles. The molecule has 108 valence electrons. The lowest BCUT2D eigenvalue weighted by atomic mass is 10.1. The number of carbonyl (C=O) groups is 1. The third-order valence-electron chi connectivity index (χ3n) is 3.90. The van der Waals surface area contributed by atoms with Crippen LogP contribution in [0, 0.1) is 0 Å². The Balaban J connectivity index is 1.52. The maximum Gasteiger partial charge on any atom is 0.274 e. The topological polar surface area (TPSA) is 61.4 Å². The smallest absolute Gasteiger partial charge is 0.274 e. The molecule has 3 rings (SSSR count). The first-order valence-corrected chi connectivity index (χ1v) is 7.09. The van der Waals surface area contributed by atoms with Gasteiger partial charge >= 0.3 is 0 Å². The highest BCUT2D eigenvalue weighted by Crippen LogP contribution is 2.40. The monoisotopic (exact) mass is 282 g/mol. The van der Waals surface area contributed by atoms with Crippen molar-refractivity contribution in [2.45, 2.75) is 24.9 Å². The van der Waals surface area contributed by atoms with Crippen molar-refractivity contribution in [3.63, 3.8) is 0 Å². The molecule has 2 unspecified atom stereocenters. The molecule has 0 aliphatic heterocycles. The van der Waals surface area contributed by atoms with Crippen LogP contribution in [-0.4, -0.2) is 17.2 Å². The fraction of sp³-hybridized carbons (Fsp3) is 0.235. The molecule has 0 heterocycles. The number of hydroxylamine groups is 1. The van der Waals surface area contributed by atoms with E-state index in [1.54, 1.807) is 17.6 Å². The van der Waals surface area contributed by atoms with E-state index in [2.05, 4.69) is 29.6 Å². The summed E-state index contributed by atoms with van der Waals surface area (Å²) in [5.74, 6) is 0.131. The van der Waals surface area contributed by atoms with Gasteiger partial charge in [-0.25, -0.2) is 5.48 Å². The van der Waals surface area contributed by atoms with Crippen molar-refractivity contribution in [1.82, 2.24) is 10.8 Å². The highest BCUT2D eigenvalue weighted by molar-refractivity contribution is 5.93. The minimum Gasteiger partial charge on any atom is -0.309 e. The van der Waals surface area contributed by atoms with Crippen LogP contribution in [0.2, 0.25) is 0 Å². The number of amides is 1. The summed E-state index contributed by atoms with van der Waals surface area (Å²) in [5.41, 5.74) is 4.61. The molecule has 2 atom stereocenters. The van der Waals surface area contributed by atoms with Gasteiger partial charge in [0, 0.05) is 24.1 Å². The van der Waals surface area contributed by atoms with Gasteiger partial charge in [0.05, 0.1) is 0 Å². The van der Waals surface area contributed by atoms with E-state index >= 15 is 0 Å². The second kappa shape index (κ2) is 6.08. The van der Waals surface area contributed by atoms with Crippen LogP contribution in [0.4, 0.5) is 0 Å². The summed E-state index contributed by atoms with van der Waals surface area (Å²) < 4.78 is 0. The van der Waals surface area contributed by atoms with Crippen molar-refractivity contribution < 1.29 is 10.0 Å². The summed E-state index contributed by atoms with van der Waals surface area (Å²) in [6, 6.07) is 18.3. The van der Waals surface area contributed by atoms with E-state index in [0.717, 1.165) is 12.1 Å². The number of carbonyl (C=O) groups excluding carboxylic acids is 1. The van der Waals surface area contributed by atoms with Gasteiger partial charge in [-0.2, -0.15) is 0 Å². The molecule has 0 bridgehead atoms. The molecule has 1 saturated carbocycles. The normalized spacial score (nSPS) is 20.0. The predicted octanol–water partition coefficient (Wildman–Crippen LogP) is 2.45. The van der Waals surface area contributed by atoms with Crippen molar-refractivity contribution in [2.24, 2.45) is 0 Å². The Labute approximate surface area is 123 Å². The fourth-order valence-electron chi connectivity index (χ4n) is 2.58. The molecule has 4 nitrogen and oxygen atoms in total. The lowest BCUT2D eigenvalue weighted by Gasteiger charge is -2.06. The van der Waals surface area contributed by atoms with E-state index in [1.165, 1.54) is 12.0 Å². The Kier molecular flexibility index (Phi) is 3.99. The summed E-state index contributed by atoms with van der Waals surface area (Å²) >= 11 is 0. The third kappa shape index (κ3) is 3.29. The molecule has 0 saturated heterocycles. The molecule has 1 amide bonds. The molecule has 2 aromatic carbocycles. The van der Waals surface area contributed by atoms with Gasteiger partial charge in [-0.1, -0.05) is 42.5 Å². The Morgan fingerprint density at radius 1 is 1.10 bits per heavy atom. The van der Waals surface area contributed by atoms with Crippen LogP contribution in [0.15, 0.2) is 54.6 Å². The molecule has 21 heavy (non-hydrogen) atoms. The molecule has 0 spiro atoms. The minimum atomic E-state index is -0.485. The van der Waals surface area contributed by atoms with Gasteiger partial charge in [0.25, 0.3) is 5.91 Å². The lowest BCUT2D eigenvalue weighted by molar-refractivity contribution is 0.0706. The molecular formula is C17H18N2O2. The molecule has 4 heteroatoms. The summed E-state index contributed by atoms with van der Waals surface area (Å²) in [5, 5.41) is 12.1. The number of benzene rings is 2. The molecule has 3 N–H and O–H groups in total. The van der Waals surface area contributed by atoms with Crippen LogP contribution >= 0.6 is 0 Å². The van der Waals surface area contributed by atoms with Gasteiger partial charge in [0.1, 0.15) is 0 Å². The molecule has 0 radical (unpaired) electrons. The number of hydrogen-bond donors (Lipinski definition) is 3. The number of nitrogens with one attached hydrogen (secondary N) is 2. The number of hydrogen-bond acceptors (Lipinski definition) is 3. The average molecular weight is 282 g/mol. The highest BCUT2D eigenvalue weighted by atomic mass is 16.5. The zero-order valence-corrected chi connectivity index (χ0v) is 11.6. The minimum absolute atomic E-state index is 0.454. The van der Waals surface area contributed by atoms with Crippen LogP contribution in [0.1, 0.15) is 33.8 Å². The maximum absolute atomic E-state index is 11.2. The SMILES string of the molecule is O=C(NO)c1ccc(CNC2CC2c2ccccc2)cc1. The van der Waals surface area contributed by atoms with Crippen molar-refractivity contribution in [2.75, 3.05) is 0 Å². The van der Waals surface area contributed by atoms with Crippen LogP contribution in [0.3, 0.4) is 0 Å². The average Bonchev–Trinajstić information content (AvgIpc) is 3.33. The zero-order chi connectivity index (χ0) is 14.7. The van der Waals surface area contributed by atoms with E-state index in [1.807, 2.05) is 18.2 Å². The molecule has 1 aliphatic carbocycles. The fourth-order valence-corrected chi connectivity index (χ4v) is 2.58. The molecule has 2 aromatic rings. The van der Waals surface area contributed by atoms with Gasteiger partial charge in [-0.15, -0.1) is 0 Å². The van der Waals surface area contributed by atoms with Gasteiger partial charge < -0.3 is 5.32 Å². The van der Waals surface area contributed by atoms with Crippen LogP contribution in [0.5, 0.6) is 0 Å². The van der Waals surface area contributed by atoms with Crippen molar-refractivity contribution in [3.8, 4) is 0 Å². The molecule has 1 aliphatic rings. The molecular weight excluding hydrogens is 264 g/mol. The first kappa shape index (κ1) is 13.8. The Morgan fingerprint density at radius 3 is 2.48 bits per heavy atom. The van der Waals surface area contributed by atoms with Crippen molar-refractivity contribution in [1.29, 1.82) is 0 Å². The van der Waals surface area contributed by atoms with Crippen LogP contribution in [-0.2, 0) is 6.54 Å². The second-order valence-electron chi connectivity index (χ2n) is 5.38. The Hall–Kier alpha value is -2.17. The van der Waals surface area contributed by atoms with Crippen LogP contribution < -0.4 is 10.8 Å². The van der Waals surface area contributed by atoms with Crippen molar-refractivity contribution >= 4 is 5.91 Å². The predicted molar refractivity (Wildman–Crippen MR) is 80.1 cm³/mol. The maximum atomic E-state index is 11.2. The summed E-state index contributed by atoms with van der Waals surface area (Å²) in [4.78, 5) is 11.2. The summed E-state index contributed by atoms with van der Waals surface area (Å²) in [6.45, 7) is 0.787. The first-order valence-electron chi connectivity index (χ1n) is 7.09. The van der Waals surface area contributed by atoms with Gasteiger partial charge in [0.15, 0.2) is 0 Å². The summed E-state index contributed by atoms with van der Waals surface area (Å²) in [6.07, 6.45) is 1.18. The molecule has 1 fully saturated rings. The zero-order valence-electron chi connectivity index (χ0n) is 11.6. The quantitative estimate of drug-likeness (QED) is 0.583. The van der Waals surface area contributed by atoms with Crippen LogP contribution in [0.25, 0.3) is 0 Å². The lowest BCUT2D eigenvalue weighted by Crippen LogP contribution is -2.19. The Morgan fingerprint density at radius 2 is 1.81 bits per heavy atom. The Bertz CT molecular complexity index is 610. The summed E-state index contributed by atoms with van der Waals surface area (Å²) in [7, 11) is 0. The highest BCUT2D eigenvalue weighted by Gasteiger charge is 2.37. The second-order valence-corrected chi connectivity index (χ2v) is 5.38. The van der Waals surface area contributed by atoms with Gasteiger partial charge in [-0.3, -0.25) is 10.0 Å². The third-order valence-corrected chi connectivity index (χ3v) is 3.90. The van der Waals surface area contributed by atoms with E-state index < -0.39 is 5.91 Å². The van der Waals surface area contributed by atoms with Crippen molar-refractivity contribution in [3.05, 3.63) is 71.3 Å². The van der Waals surface area contributed by atoms with E-state index in [4.69, 9.17) is 5.21 Å². The standard InChI is InChI=1S/C17H18N2O2/c20-17(19-21)14-8-6-12(7-9-14)11-18-16-10-15(16)13-4-2-1-3-5-13/h1-9,15-16,18,21H,10-11H2,(H,19,20). The van der Waals surface area contributed by atoms with E-state index in [-0.39, 0.29) is 0 Å². The van der Waals surface area contributed by atoms with Gasteiger partial charge in [-0.05, 0) is 29.7 Å². The largest absolute Gasteiger partial charge is 0.309 e. The van der Waals surface area contributed by atoms with E-state index in [9.17, 15) is 4.79 Å². The number of rotatable bonds is 5. The van der Waals surface area contributed by atoms with Gasteiger partial charge in [0.2, 0.25) is 0 Å². The first-order chi connectivity index (χ1) is 10.3.